The number of fused-ring (bicyclic) bond motifs is 1. The number of thiocarbonyl (C=S) groups is 1. The normalized spacial score (nSPS) is 12.1. The number of nitrogens with one attached hydrogen (secondary N) is 3. The highest BCUT2D eigenvalue weighted by molar-refractivity contribution is 7.90. The van der Waals surface area contributed by atoms with Crippen molar-refractivity contribution in [2.24, 2.45) is 0 Å². The molecule has 1 amide bonds. The Balaban J connectivity index is 1.38. The van der Waals surface area contributed by atoms with Crippen molar-refractivity contribution in [3.63, 3.8) is 0 Å². The lowest BCUT2D eigenvalue weighted by atomic mass is 10.2. The molecule has 0 saturated carbocycles. The average Bonchev–Trinajstić information content (AvgIpc) is 3.22. The van der Waals surface area contributed by atoms with Crippen LogP contribution in [0, 0.1) is 0 Å². The number of carbonyl (C=O) groups excluding carboxylic acids is 1. The molecule has 0 bridgehead atoms. The molecule has 31 heavy (non-hydrogen) atoms. The van der Waals surface area contributed by atoms with E-state index in [1.165, 1.54) is 24.3 Å². The molecule has 0 atom stereocenters. The summed E-state index contributed by atoms with van der Waals surface area (Å²) < 4.78 is 37.6. The Hall–Kier alpha value is -3.63. The van der Waals surface area contributed by atoms with Gasteiger partial charge in [0.15, 0.2) is 16.6 Å². The van der Waals surface area contributed by atoms with Crippen molar-refractivity contribution in [2.45, 2.75) is 4.90 Å². The van der Waals surface area contributed by atoms with Crippen LogP contribution in [-0.2, 0) is 10.0 Å². The summed E-state index contributed by atoms with van der Waals surface area (Å²) in [6.45, 7) is 0.183. The fourth-order valence-corrected chi connectivity index (χ4v) is 4.02. The molecule has 0 aromatic heterocycles. The van der Waals surface area contributed by atoms with Gasteiger partial charge >= 0.3 is 0 Å². The zero-order valence-electron chi connectivity index (χ0n) is 16.0. The highest BCUT2D eigenvalue weighted by Gasteiger charge is 2.18. The van der Waals surface area contributed by atoms with E-state index in [4.69, 9.17) is 21.7 Å². The minimum absolute atomic E-state index is 0.0445. The fourth-order valence-electron chi connectivity index (χ4n) is 2.81. The predicted octanol–water partition coefficient (Wildman–Crippen LogP) is 3.34. The summed E-state index contributed by atoms with van der Waals surface area (Å²) in [4.78, 5) is 12.1. The van der Waals surface area contributed by atoms with Gasteiger partial charge in [0.25, 0.3) is 15.9 Å². The number of anilines is 2. The molecule has 0 unspecified atom stereocenters. The smallest absolute Gasteiger partial charge is 0.264 e. The second-order valence-corrected chi connectivity index (χ2v) is 8.56. The van der Waals surface area contributed by atoms with Gasteiger partial charge in [-0.1, -0.05) is 18.2 Å². The summed E-state index contributed by atoms with van der Waals surface area (Å²) in [6, 6.07) is 19.3. The van der Waals surface area contributed by atoms with Gasteiger partial charge in [0, 0.05) is 23.0 Å². The maximum absolute atomic E-state index is 12.5. The summed E-state index contributed by atoms with van der Waals surface area (Å²) in [5, 5.41) is 6.30. The molecule has 0 spiro atoms. The first-order valence-electron chi connectivity index (χ1n) is 9.11. The Kier molecular flexibility index (Phi) is 5.74. The lowest BCUT2D eigenvalue weighted by molar-refractivity contribution is 0.0981. The molecule has 10 heteroatoms. The van der Waals surface area contributed by atoms with E-state index in [0.29, 0.717) is 28.0 Å². The molecule has 3 N–H and O–H groups in total. The molecule has 4 rings (SSSR count). The minimum Gasteiger partial charge on any atom is -0.454 e. The molecular weight excluding hydrogens is 438 g/mol. The molecule has 3 aromatic rings. The van der Waals surface area contributed by atoms with Crippen molar-refractivity contribution >= 4 is 44.6 Å². The van der Waals surface area contributed by atoms with Crippen LogP contribution in [0.2, 0.25) is 0 Å². The SMILES string of the molecule is O=C(NS(=O)(=O)c1ccc(NC(=S)Nc2ccc3c(c2)OCO3)cc1)c1ccccc1. The van der Waals surface area contributed by atoms with Crippen LogP contribution in [0.4, 0.5) is 11.4 Å². The second kappa shape index (κ2) is 8.62. The van der Waals surface area contributed by atoms with E-state index in [1.807, 2.05) is 0 Å². The largest absolute Gasteiger partial charge is 0.454 e. The van der Waals surface area contributed by atoms with Gasteiger partial charge in [0.1, 0.15) is 0 Å². The van der Waals surface area contributed by atoms with Crippen LogP contribution in [0.15, 0.2) is 77.7 Å². The van der Waals surface area contributed by atoms with Gasteiger partial charge in [-0.2, -0.15) is 0 Å². The number of benzene rings is 3. The predicted molar refractivity (Wildman–Crippen MR) is 120 cm³/mol. The van der Waals surface area contributed by atoms with E-state index in [0.717, 1.165) is 0 Å². The number of rotatable bonds is 5. The van der Waals surface area contributed by atoms with E-state index in [1.54, 1.807) is 48.5 Å². The Morgan fingerprint density at radius 2 is 1.48 bits per heavy atom. The molecule has 0 aliphatic carbocycles. The lowest BCUT2D eigenvalue weighted by Gasteiger charge is -2.12. The number of ether oxygens (including phenoxy) is 2. The van der Waals surface area contributed by atoms with Crippen LogP contribution in [0.1, 0.15) is 10.4 Å². The third-order valence-electron chi connectivity index (χ3n) is 4.32. The van der Waals surface area contributed by atoms with Crippen LogP contribution < -0.4 is 24.8 Å². The van der Waals surface area contributed by atoms with Crippen molar-refractivity contribution in [1.82, 2.24) is 4.72 Å². The maximum Gasteiger partial charge on any atom is 0.264 e. The zero-order chi connectivity index (χ0) is 21.8. The van der Waals surface area contributed by atoms with Gasteiger partial charge in [-0.15, -0.1) is 0 Å². The van der Waals surface area contributed by atoms with Gasteiger partial charge in [-0.3, -0.25) is 4.79 Å². The zero-order valence-corrected chi connectivity index (χ0v) is 17.6. The third-order valence-corrected chi connectivity index (χ3v) is 5.87. The van der Waals surface area contributed by atoms with E-state index >= 15 is 0 Å². The summed E-state index contributed by atoms with van der Waals surface area (Å²) in [5.74, 6) is 0.595. The third kappa shape index (κ3) is 4.93. The topological polar surface area (TPSA) is 106 Å². The van der Waals surface area contributed by atoms with Gasteiger partial charge in [-0.05, 0) is 60.7 Å². The van der Waals surface area contributed by atoms with Gasteiger partial charge < -0.3 is 20.1 Å². The standard InChI is InChI=1S/C21H17N3O5S2/c25-20(14-4-2-1-3-5-14)24-31(26,27)17-9-6-15(7-10-17)22-21(30)23-16-8-11-18-19(12-16)29-13-28-18/h1-12H,13H2,(H,24,25)(H2,22,23,30). The van der Waals surface area contributed by atoms with E-state index in [2.05, 4.69) is 15.4 Å². The molecule has 158 valence electrons. The first-order chi connectivity index (χ1) is 14.9. The number of carbonyl (C=O) groups is 1. The number of hydrogen-bond donors (Lipinski definition) is 3. The molecule has 0 radical (unpaired) electrons. The van der Waals surface area contributed by atoms with Gasteiger partial charge in [-0.25, -0.2) is 13.1 Å². The first kappa shape index (κ1) is 20.6. The Bertz CT molecular complexity index is 1230. The van der Waals surface area contributed by atoms with Crippen molar-refractivity contribution < 1.29 is 22.7 Å². The molecular formula is C21H17N3O5S2. The monoisotopic (exact) mass is 455 g/mol. The van der Waals surface area contributed by atoms with Crippen LogP contribution in [0.5, 0.6) is 11.5 Å². The Morgan fingerprint density at radius 3 is 2.23 bits per heavy atom. The molecule has 8 nitrogen and oxygen atoms in total. The van der Waals surface area contributed by atoms with Crippen molar-refractivity contribution in [1.29, 1.82) is 0 Å². The maximum atomic E-state index is 12.5. The number of amides is 1. The molecule has 1 aliphatic heterocycles. The van der Waals surface area contributed by atoms with Crippen LogP contribution >= 0.6 is 12.2 Å². The number of sulfonamides is 1. The summed E-state index contributed by atoms with van der Waals surface area (Å²) in [5.41, 5.74) is 1.54. The first-order valence-corrected chi connectivity index (χ1v) is 11.0. The van der Waals surface area contributed by atoms with Gasteiger partial charge in [0.2, 0.25) is 6.79 Å². The second-order valence-electron chi connectivity index (χ2n) is 6.47. The molecule has 1 heterocycles. The van der Waals surface area contributed by atoms with Crippen LogP contribution in [0.25, 0.3) is 0 Å². The van der Waals surface area contributed by atoms with E-state index < -0.39 is 15.9 Å². The summed E-state index contributed by atoms with van der Waals surface area (Å²) >= 11 is 5.29. The summed E-state index contributed by atoms with van der Waals surface area (Å²) in [7, 11) is -4.01. The highest BCUT2D eigenvalue weighted by Crippen LogP contribution is 2.34. The van der Waals surface area contributed by atoms with Crippen molar-refractivity contribution in [3.05, 3.63) is 78.4 Å². The Morgan fingerprint density at radius 1 is 0.839 bits per heavy atom. The van der Waals surface area contributed by atoms with Gasteiger partial charge in [0.05, 0.1) is 4.90 Å². The summed E-state index contributed by atoms with van der Waals surface area (Å²) in [6.07, 6.45) is 0. The van der Waals surface area contributed by atoms with Crippen LogP contribution in [0.3, 0.4) is 0 Å². The minimum atomic E-state index is -4.01. The highest BCUT2D eigenvalue weighted by atomic mass is 32.2. The Labute approximate surface area is 184 Å². The lowest BCUT2D eigenvalue weighted by Crippen LogP contribution is -2.30. The van der Waals surface area contributed by atoms with E-state index in [9.17, 15) is 13.2 Å². The fraction of sp³-hybridized carbons (Fsp3) is 0.0476. The van der Waals surface area contributed by atoms with Crippen molar-refractivity contribution in [3.8, 4) is 11.5 Å². The average molecular weight is 456 g/mol. The van der Waals surface area contributed by atoms with Crippen LogP contribution in [-0.4, -0.2) is 26.2 Å². The van der Waals surface area contributed by atoms with Crippen molar-refractivity contribution in [2.75, 3.05) is 17.4 Å². The number of hydrogen-bond acceptors (Lipinski definition) is 6. The van der Waals surface area contributed by atoms with E-state index in [-0.39, 0.29) is 17.3 Å². The molecule has 0 fully saturated rings. The molecule has 0 saturated heterocycles. The molecule has 1 aliphatic rings. The molecule has 3 aromatic carbocycles. The quantitative estimate of drug-likeness (QED) is 0.503.